The molecule has 1 fully saturated rings. The Morgan fingerprint density at radius 2 is 1.82 bits per heavy atom. The monoisotopic (exact) mass is 427 g/mol. The fourth-order valence-electron chi connectivity index (χ4n) is 2.95. The lowest BCUT2D eigenvalue weighted by molar-refractivity contribution is -0.122. The molecule has 2 aromatic carbocycles. The van der Waals surface area contributed by atoms with Crippen LogP contribution in [0.1, 0.15) is 24.0 Å². The van der Waals surface area contributed by atoms with Gasteiger partial charge >= 0.3 is 0 Å². The van der Waals surface area contributed by atoms with Gasteiger partial charge in [-0.3, -0.25) is 4.79 Å². The second-order valence-electron chi connectivity index (χ2n) is 6.47. The SMILES string of the molecule is Cl.O=C(NCc1cccc(S(=O)(=O)NCc2cccc(F)c2)c1)C1CCCN1. The first-order valence-electron chi connectivity index (χ1n) is 8.78. The van der Waals surface area contributed by atoms with Gasteiger partial charge in [0, 0.05) is 13.1 Å². The van der Waals surface area contributed by atoms with Crippen LogP contribution in [0.25, 0.3) is 0 Å². The third kappa shape index (κ3) is 6.00. The molecule has 1 aliphatic heterocycles. The molecule has 0 aromatic heterocycles. The van der Waals surface area contributed by atoms with E-state index in [4.69, 9.17) is 0 Å². The van der Waals surface area contributed by atoms with Crippen molar-refractivity contribution in [3.8, 4) is 0 Å². The average Bonchev–Trinajstić information content (AvgIpc) is 3.20. The largest absolute Gasteiger partial charge is 0.351 e. The number of hydrogen-bond acceptors (Lipinski definition) is 4. The molecular weight excluding hydrogens is 405 g/mol. The van der Waals surface area contributed by atoms with E-state index < -0.39 is 15.8 Å². The molecule has 0 radical (unpaired) electrons. The standard InChI is InChI=1S/C19H22FN3O3S.ClH/c20-16-6-1-4-14(10-16)13-23-27(25,26)17-7-2-5-15(11-17)12-22-19(24)18-8-3-9-21-18;/h1-2,4-7,10-11,18,21,23H,3,8-9,12-13H2,(H,22,24);1H. The number of amides is 1. The topological polar surface area (TPSA) is 87.3 Å². The summed E-state index contributed by atoms with van der Waals surface area (Å²) in [4.78, 5) is 12.2. The minimum absolute atomic E-state index is 0. The van der Waals surface area contributed by atoms with Crippen molar-refractivity contribution in [2.75, 3.05) is 6.54 Å². The number of hydrogen-bond donors (Lipinski definition) is 3. The van der Waals surface area contributed by atoms with Crippen molar-refractivity contribution in [2.45, 2.75) is 36.9 Å². The summed E-state index contributed by atoms with van der Waals surface area (Å²) in [5.41, 5.74) is 1.22. The van der Waals surface area contributed by atoms with Crippen LogP contribution in [-0.2, 0) is 27.9 Å². The molecule has 1 atom stereocenters. The van der Waals surface area contributed by atoms with Gasteiger partial charge in [-0.2, -0.15) is 0 Å². The lowest BCUT2D eigenvalue weighted by atomic mass is 10.2. The predicted octanol–water partition coefficient (Wildman–Crippen LogP) is 2.09. The number of nitrogens with one attached hydrogen (secondary N) is 3. The van der Waals surface area contributed by atoms with Crippen molar-refractivity contribution in [2.24, 2.45) is 0 Å². The lowest BCUT2D eigenvalue weighted by Crippen LogP contribution is -2.40. The number of benzene rings is 2. The Balaban J connectivity index is 0.00000280. The molecule has 2 aromatic rings. The molecule has 6 nitrogen and oxygen atoms in total. The Bertz CT molecular complexity index is 918. The Hall–Kier alpha value is -2.00. The zero-order valence-corrected chi connectivity index (χ0v) is 16.8. The maximum atomic E-state index is 13.2. The van der Waals surface area contributed by atoms with Crippen molar-refractivity contribution in [1.82, 2.24) is 15.4 Å². The number of rotatable bonds is 7. The molecule has 152 valence electrons. The first-order valence-corrected chi connectivity index (χ1v) is 10.3. The van der Waals surface area contributed by atoms with E-state index in [9.17, 15) is 17.6 Å². The fourth-order valence-corrected chi connectivity index (χ4v) is 4.04. The fraction of sp³-hybridized carbons (Fsp3) is 0.316. The van der Waals surface area contributed by atoms with Crippen LogP contribution in [0.15, 0.2) is 53.4 Å². The highest BCUT2D eigenvalue weighted by atomic mass is 35.5. The van der Waals surface area contributed by atoms with Gasteiger partial charge in [0.05, 0.1) is 10.9 Å². The molecule has 1 heterocycles. The smallest absolute Gasteiger partial charge is 0.240 e. The van der Waals surface area contributed by atoms with E-state index in [1.54, 1.807) is 18.2 Å². The van der Waals surface area contributed by atoms with E-state index in [0.29, 0.717) is 11.1 Å². The van der Waals surface area contributed by atoms with Gasteiger partial charge < -0.3 is 10.6 Å². The average molecular weight is 428 g/mol. The van der Waals surface area contributed by atoms with Crippen LogP contribution in [0.2, 0.25) is 0 Å². The molecule has 3 N–H and O–H groups in total. The van der Waals surface area contributed by atoms with Gasteiger partial charge in [-0.15, -0.1) is 12.4 Å². The molecule has 9 heteroatoms. The Labute approximate surface area is 170 Å². The Kier molecular flexibility index (Phi) is 7.94. The molecular formula is C19H23ClFN3O3S. The molecule has 1 aliphatic rings. The third-order valence-electron chi connectivity index (χ3n) is 4.41. The molecule has 1 unspecified atom stereocenters. The summed E-state index contributed by atoms with van der Waals surface area (Å²) >= 11 is 0. The lowest BCUT2D eigenvalue weighted by Gasteiger charge is -2.12. The number of sulfonamides is 1. The summed E-state index contributed by atoms with van der Waals surface area (Å²) in [5, 5.41) is 5.95. The molecule has 3 rings (SSSR count). The second kappa shape index (κ2) is 9.97. The first-order chi connectivity index (χ1) is 12.9. The van der Waals surface area contributed by atoms with Gasteiger partial charge in [0.15, 0.2) is 0 Å². The molecule has 0 spiro atoms. The molecule has 1 saturated heterocycles. The number of carbonyl (C=O) groups excluding carboxylic acids is 1. The number of halogens is 2. The number of carbonyl (C=O) groups is 1. The van der Waals surface area contributed by atoms with Crippen LogP contribution in [0, 0.1) is 5.82 Å². The van der Waals surface area contributed by atoms with Gasteiger partial charge in [-0.25, -0.2) is 17.5 Å². The van der Waals surface area contributed by atoms with Gasteiger partial charge in [-0.1, -0.05) is 24.3 Å². The molecule has 0 bridgehead atoms. The van der Waals surface area contributed by atoms with E-state index in [1.807, 2.05) is 0 Å². The van der Waals surface area contributed by atoms with Crippen molar-refractivity contribution in [3.05, 3.63) is 65.5 Å². The third-order valence-corrected chi connectivity index (χ3v) is 5.81. The van der Waals surface area contributed by atoms with Crippen LogP contribution in [0.5, 0.6) is 0 Å². The van der Waals surface area contributed by atoms with Gasteiger partial charge in [0.1, 0.15) is 5.82 Å². The first kappa shape index (κ1) is 22.3. The van der Waals surface area contributed by atoms with Crippen LogP contribution >= 0.6 is 12.4 Å². The van der Waals surface area contributed by atoms with E-state index in [-0.39, 0.29) is 42.3 Å². The molecule has 28 heavy (non-hydrogen) atoms. The van der Waals surface area contributed by atoms with Crippen molar-refractivity contribution in [3.63, 3.8) is 0 Å². The maximum Gasteiger partial charge on any atom is 0.240 e. The van der Waals surface area contributed by atoms with E-state index in [0.717, 1.165) is 19.4 Å². The Morgan fingerprint density at radius 3 is 2.50 bits per heavy atom. The van der Waals surface area contributed by atoms with Crippen LogP contribution in [-0.4, -0.2) is 26.9 Å². The molecule has 1 amide bonds. The van der Waals surface area contributed by atoms with Crippen LogP contribution < -0.4 is 15.4 Å². The van der Waals surface area contributed by atoms with E-state index >= 15 is 0 Å². The van der Waals surface area contributed by atoms with Crippen LogP contribution in [0.3, 0.4) is 0 Å². The van der Waals surface area contributed by atoms with Crippen molar-refractivity contribution >= 4 is 28.3 Å². The highest BCUT2D eigenvalue weighted by Crippen LogP contribution is 2.13. The second-order valence-corrected chi connectivity index (χ2v) is 8.24. The van der Waals surface area contributed by atoms with E-state index in [1.165, 1.54) is 30.3 Å². The van der Waals surface area contributed by atoms with Gasteiger partial charge in [0.25, 0.3) is 0 Å². The van der Waals surface area contributed by atoms with E-state index in [2.05, 4.69) is 15.4 Å². The van der Waals surface area contributed by atoms with Crippen molar-refractivity contribution in [1.29, 1.82) is 0 Å². The Morgan fingerprint density at radius 1 is 1.11 bits per heavy atom. The van der Waals surface area contributed by atoms with Crippen molar-refractivity contribution < 1.29 is 17.6 Å². The molecule has 0 aliphatic carbocycles. The minimum atomic E-state index is -3.75. The predicted molar refractivity (Wildman–Crippen MR) is 107 cm³/mol. The van der Waals surface area contributed by atoms with Crippen LogP contribution in [0.4, 0.5) is 4.39 Å². The summed E-state index contributed by atoms with van der Waals surface area (Å²) in [6.45, 7) is 1.08. The summed E-state index contributed by atoms with van der Waals surface area (Å²) < 4.78 is 40.6. The quantitative estimate of drug-likeness (QED) is 0.631. The highest BCUT2D eigenvalue weighted by molar-refractivity contribution is 7.89. The minimum Gasteiger partial charge on any atom is -0.351 e. The molecule has 0 saturated carbocycles. The summed E-state index contributed by atoms with van der Waals surface area (Å²) in [6, 6.07) is 12.0. The summed E-state index contributed by atoms with van der Waals surface area (Å²) in [5.74, 6) is -0.494. The summed E-state index contributed by atoms with van der Waals surface area (Å²) in [6.07, 6.45) is 1.78. The highest BCUT2D eigenvalue weighted by Gasteiger charge is 2.21. The van der Waals surface area contributed by atoms with Gasteiger partial charge in [-0.05, 0) is 54.8 Å². The maximum absolute atomic E-state index is 13.2. The normalized spacial score (nSPS) is 16.4. The zero-order valence-electron chi connectivity index (χ0n) is 15.2. The summed E-state index contributed by atoms with van der Waals surface area (Å²) in [7, 11) is -3.75. The zero-order chi connectivity index (χ0) is 19.3. The van der Waals surface area contributed by atoms with Gasteiger partial charge in [0.2, 0.25) is 15.9 Å².